The molecule has 0 amide bonds. The Morgan fingerprint density at radius 1 is 0.808 bits per heavy atom. The van der Waals surface area contributed by atoms with Gasteiger partial charge in [0.1, 0.15) is 0 Å². The molecular weight excluding hydrogens is 344 g/mol. The van der Waals surface area contributed by atoms with Gasteiger partial charge in [0.2, 0.25) is 0 Å². The van der Waals surface area contributed by atoms with Crippen LogP contribution in [-0.4, -0.2) is 16.2 Å². The number of benzene rings is 3. The zero-order valence-corrected chi connectivity index (χ0v) is 14.6. The number of hydrogen-bond donors (Lipinski definition) is 1. The second-order valence-electron chi connectivity index (χ2n) is 5.70. The lowest BCUT2D eigenvalue weighted by Crippen LogP contribution is -1.99. The zero-order valence-electron chi connectivity index (χ0n) is 13.8. The highest BCUT2D eigenvalue weighted by Crippen LogP contribution is 2.25. The molecule has 1 aromatic heterocycles. The minimum atomic E-state index is 0.623. The van der Waals surface area contributed by atoms with Crippen LogP contribution in [0.5, 0.6) is 0 Å². The highest BCUT2D eigenvalue weighted by molar-refractivity contribution is 6.30. The average molecular weight is 359 g/mol. The fourth-order valence-corrected chi connectivity index (χ4v) is 2.72. The van der Waals surface area contributed by atoms with E-state index >= 15 is 0 Å². The zero-order chi connectivity index (χ0) is 17.8. The van der Waals surface area contributed by atoms with E-state index in [0.717, 1.165) is 22.0 Å². The average Bonchev–Trinajstić information content (AvgIpc) is 2.69. The second kappa shape index (κ2) is 7.33. The number of nitrogens with zero attached hydrogens (tertiary/aromatic N) is 3. The summed E-state index contributed by atoms with van der Waals surface area (Å²) in [4.78, 5) is 9.31. The SMILES string of the molecule is Clc1ccc(-c2nc(N/N=C\c3ccccc3)c3ccccc3n2)cc1. The maximum Gasteiger partial charge on any atom is 0.162 e. The molecule has 0 atom stereocenters. The molecule has 0 aliphatic heterocycles. The largest absolute Gasteiger partial charge is 0.261 e. The van der Waals surface area contributed by atoms with Crippen LogP contribution < -0.4 is 5.43 Å². The quantitative estimate of drug-likeness (QED) is 0.392. The number of halogens is 1. The van der Waals surface area contributed by atoms with Crippen LogP contribution >= 0.6 is 11.6 Å². The highest BCUT2D eigenvalue weighted by atomic mass is 35.5. The topological polar surface area (TPSA) is 50.2 Å². The van der Waals surface area contributed by atoms with Gasteiger partial charge < -0.3 is 0 Å². The molecule has 0 fully saturated rings. The lowest BCUT2D eigenvalue weighted by atomic mass is 10.2. The molecule has 4 rings (SSSR count). The van der Waals surface area contributed by atoms with E-state index in [2.05, 4.69) is 20.5 Å². The maximum absolute atomic E-state index is 5.98. The van der Waals surface area contributed by atoms with E-state index in [1.54, 1.807) is 6.21 Å². The molecule has 5 heteroatoms. The van der Waals surface area contributed by atoms with Gasteiger partial charge in [-0.15, -0.1) is 0 Å². The Morgan fingerprint density at radius 3 is 2.35 bits per heavy atom. The Bertz CT molecular complexity index is 1060. The van der Waals surface area contributed by atoms with Gasteiger partial charge in [-0.1, -0.05) is 54.1 Å². The van der Waals surface area contributed by atoms with Crippen molar-refractivity contribution in [1.82, 2.24) is 9.97 Å². The smallest absolute Gasteiger partial charge is 0.162 e. The summed E-state index contributed by atoms with van der Waals surface area (Å²) in [6.07, 6.45) is 1.76. The van der Waals surface area contributed by atoms with Gasteiger partial charge in [0.25, 0.3) is 0 Å². The third kappa shape index (κ3) is 3.55. The Hall–Kier alpha value is -3.24. The van der Waals surface area contributed by atoms with Gasteiger partial charge in [0.15, 0.2) is 11.6 Å². The molecule has 0 spiro atoms. The van der Waals surface area contributed by atoms with Crippen molar-refractivity contribution in [3.8, 4) is 11.4 Å². The van der Waals surface area contributed by atoms with Crippen LogP contribution in [0.15, 0.2) is 84.0 Å². The van der Waals surface area contributed by atoms with E-state index in [1.165, 1.54) is 0 Å². The van der Waals surface area contributed by atoms with Crippen LogP contribution in [0.1, 0.15) is 5.56 Å². The van der Waals surface area contributed by atoms with E-state index in [-0.39, 0.29) is 0 Å². The summed E-state index contributed by atoms with van der Waals surface area (Å²) in [7, 11) is 0. The van der Waals surface area contributed by atoms with Crippen LogP contribution in [-0.2, 0) is 0 Å². The summed E-state index contributed by atoms with van der Waals surface area (Å²) in [5.74, 6) is 1.28. The molecule has 0 aliphatic rings. The van der Waals surface area contributed by atoms with Crippen molar-refractivity contribution in [3.63, 3.8) is 0 Å². The van der Waals surface area contributed by atoms with Gasteiger partial charge >= 0.3 is 0 Å². The summed E-state index contributed by atoms with van der Waals surface area (Å²) in [6, 6.07) is 25.2. The van der Waals surface area contributed by atoms with Crippen molar-refractivity contribution in [2.75, 3.05) is 5.43 Å². The van der Waals surface area contributed by atoms with E-state index in [1.807, 2.05) is 78.9 Å². The third-order valence-electron chi connectivity index (χ3n) is 3.89. The molecular formula is C21H15ClN4. The number of anilines is 1. The number of para-hydroxylation sites is 1. The molecule has 0 bridgehead atoms. The highest BCUT2D eigenvalue weighted by Gasteiger charge is 2.08. The van der Waals surface area contributed by atoms with E-state index in [0.29, 0.717) is 16.7 Å². The first kappa shape index (κ1) is 16.2. The Kier molecular flexibility index (Phi) is 4.58. The van der Waals surface area contributed by atoms with Gasteiger partial charge in [-0.3, -0.25) is 5.43 Å². The molecule has 0 saturated heterocycles. The lowest BCUT2D eigenvalue weighted by Gasteiger charge is -2.08. The van der Waals surface area contributed by atoms with Crippen molar-refractivity contribution >= 4 is 34.5 Å². The van der Waals surface area contributed by atoms with Crippen molar-refractivity contribution in [2.45, 2.75) is 0 Å². The fourth-order valence-electron chi connectivity index (χ4n) is 2.60. The number of hydrogen-bond acceptors (Lipinski definition) is 4. The standard InChI is InChI=1S/C21H15ClN4/c22-17-12-10-16(11-13-17)20-24-19-9-5-4-8-18(19)21(25-20)26-23-14-15-6-2-1-3-7-15/h1-14H,(H,24,25,26)/b23-14-. The number of aromatic nitrogens is 2. The van der Waals surface area contributed by atoms with Crippen molar-refractivity contribution in [1.29, 1.82) is 0 Å². The Morgan fingerprint density at radius 2 is 1.54 bits per heavy atom. The van der Waals surface area contributed by atoms with Gasteiger partial charge in [-0.25, -0.2) is 9.97 Å². The molecule has 1 heterocycles. The molecule has 3 aromatic carbocycles. The Balaban J connectivity index is 1.72. The van der Waals surface area contributed by atoms with Crippen LogP contribution in [0.2, 0.25) is 5.02 Å². The normalized spacial score (nSPS) is 11.1. The minimum Gasteiger partial charge on any atom is -0.261 e. The molecule has 0 unspecified atom stereocenters. The summed E-state index contributed by atoms with van der Waals surface area (Å²) < 4.78 is 0. The predicted octanol–water partition coefficient (Wildman–Crippen LogP) is 5.40. The fraction of sp³-hybridized carbons (Fsp3) is 0. The molecule has 4 aromatic rings. The molecule has 1 N–H and O–H groups in total. The molecule has 0 aliphatic carbocycles. The van der Waals surface area contributed by atoms with E-state index < -0.39 is 0 Å². The first-order chi connectivity index (χ1) is 12.8. The Labute approximate surface area is 156 Å². The molecule has 0 saturated carbocycles. The van der Waals surface area contributed by atoms with Crippen molar-refractivity contribution in [3.05, 3.63) is 89.4 Å². The summed E-state index contributed by atoms with van der Waals surface area (Å²) in [6.45, 7) is 0. The molecule has 26 heavy (non-hydrogen) atoms. The molecule has 0 radical (unpaired) electrons. The minimum absolute atomic E-state index is 0.623. The van der Waals surface area contributed by atoms with Crippen LogP contribution in [0.4, 0.5) is 5.82 Å². The van der Waals surface area contributed by atoms with Gasteiger partial charge in [0.05, 0.1) is 11.7 Å². The van der Waals surface area contributed by atoms with Gasteiger partial charge in [-0.2, -0.15) is 5.10 Å². The van der Waals surface area contributed by atoms with Crippen molar-refractivity contribution < 1.29 is 0 Å². The maximum atomic E-state index is 5.98. The summed E-state index contributed by atoms with van der Waals surface area (Å²) >= 11 is 5.98. The van der Waals surface area contributed by atoms with Crippen LogP contribution in [0, 0.1) is 0 Å². The monoisotopic (exact) mass is 358 g/mol. The summed E-state index contributed by atoms with van der Waals surface area (Å²) in [5.41, 5.74) is 5.81. The summed E-state index contributed by atoms with van der Waals surface area (Å²) in [5, 5.41) is 5.92. The van der Waals surface area contributed by atoms with E-state index in [9.17, 15) is 0 Å². The first-order valence-electron chi connectivity index (χ1n) is 8.16. The van der Waals surface area contributed by atoms with Crippen molar-refractivity contribution in [2.24, 2.45) is 5.10 Å². The van der Waals surface area contributed by atoms with Crippen LogP contribution in [0.3, 0.4) is 0 Å². The van der Waals surface area contributed by atoms with Gasteiger partial charge in [0, 0.05) is 16.0 Å². The molecule has 4 nitrogen and oxygen atoms in total. The third-order valence-corrected chi connectivity index (χ3v) is 4.14. The van der Waals surface area contributed by atoms with E-state index in [4.69, 9.17) is 11.6 Å². The molecule has 126 valence electrons. The second-order valence-corrected chi connectivity index (χ2v) is 6.14. The number of rotatable bonds is 4. The number of fused-ring (bicyclic) bond motifs is 1. The first-order valence-corrected chi connectivity index (χ1v) is 8.54. The van der Waals surface area contributed by atoms with Gasteiger partial charge in [-0.05, 0) is 42.0 Å². The predicted molar refractivity (Wildman–Crippen MR) is 108 cm³/mol. The number of nitrogens with one attached hydrogen (secondary N) is 1. The lowest BCUT2D eigenvalue weighted by molar-refractivity contribution is 1.19. The van der Waals surface area contributed by atoms with Crippen LogP contribution in [0.25, 0.3) is 22.3 Å². The number of hydrazone groups is 1.